The largest absolute Gasteiger partial charge is 0.390 e. The molecule has 0 aliphatic rings. The second kappa shape index (κ2) is 8.22. The molecule has 0 bridgehead atoms. The molecule has 0 heterocycles. The first-order valence-electron chi connectivity index (χ1n) is 6.63. The molecule has 22 heavy (non-hydrogen) atoms. The maximum atomic E-state index is 13.6. The van der Waals surface area contributed by atoms with E-state index in [0.29, 0.717) is 12.1 Å². The van der Waals surface area contributed by atoms with E-state index in [1.807, 2.05) is 6.07 Å². The van der Waals surface area contributed by atoms with Crippen LogP contribution >= 0.6 is 0 Å². The van der Waals surface area contributed by atoms with Crippen LogP contribution in [0.25, 0.3) is 0 Å². The van der Waals surface area contributed by atoms with E-state index >= 15 is 0 Å². The van der Waals surface area contributed by atoms with Gasteiger partial charge >= 0.3 is 6.18 Å². The molecule has 0 unspecified atom stereocenters. The number of rotatable bonds is 5. The van der Waals surface area contributed by atoms with Crippen LogP contribution in [0.15, 0.2) is 23.2 Å². The molecule has 4 nitrogen and oxygen atoms in total. The van der Waals surface area contributed by atoms with E-state index in [0.717, 1.165) is 6.07 Å². The Morgan fingerprint density at radius 2 is 2.05 bits per heavy atom. The van der Waals surface area contributed by atoms with Gasteiger partial charge in [0.25, 0.3) is 0 Å². The van der Waals surface area contributed by atoms with Gasteiger partial charge in [-0.25, -0.2) is 9.38 Å². The SMILES string of the molecule is CCNC(=NCc1cc(C#N)ccc1F)NCCC(F)(F)F. The average molecular weight is 316 g/mol. The van der Waals surface area contributed by atoms with E-state index in [4.69, 9.17) is 5.26 Å². The Balaban J connectivity index is 2.71. The number of hydrogen-bond donors (Lipinski definition) is 2. The van der Waals surface area contributed by atoms with Gasteiger partial charge in [-0.2, -0.15) is 18.4 Å². The zero-order valence-corrected chi connectivity index (χ0v) is 12.0. The minimum atomic E-state index is -4.25. The minimum Gasteiger partial charge on any atom is -0.357 e. The number of hydrogen-bond acceptors (Lipinski definition) is 2. The quantitative estimate of drug-likeness (QED) is 0.499. The van der Waals surface area contributed by atoms with E-state index in [9.17, 15) is 17.6 Å². The van der Waals surface area contributed by atoms with Crippen LogP contribution in [-0.4, -0.2) is 25.2 Å². The maximum absolute atomic E-state index is 13.6. The Hall–Kier alpha value is -2.30. The molecule has 0 fully saturated rings. The lowest BCUT2D eigenvalue weighted by Gasteiger charge is -2.12. The number of guanidine groups is 1. The van der Waals surface area contributed by atoms with Crippen molar-refractivity contribution >= 4 is 5.96 Å². The van der Waals surface area contributed by atoms with Crippen molar-refractivity contribution in [1.29, 1.82) is 5.26 Å². The van der Waals surface area contributed by atoms with Crippen molar-refractivity contribution in [2.75, 3.05) is 13.1 Å². The molecule has 1 aromatic rings. The van der Waals surface area contributed by atoms with Crippen molar-refractivity contribution in [3.8, 4) is 6.07 Å². The van der Waals surface area contributed by atoms with Crippen LogP contribution in [0.4, 0.5) is 17.6 Å². The highest BCUT2D eigenvalue weighted by molar-refractivity contribution is 5.79. The van der Waals surface area contributed by atoms with Gasteiger partial charge < -0.3 is 10.6 Å². The van der Waals surface area contributed by atoms with Crippen molar-refractivity contribution in [3.05, 3.63) is 35.1 Å². The molecular weight excluding hydrogens is 300 g/mol. The van der Waals surface area contributed by atoms with E-state index in [1.165, 1.54) is 12.1 Å². The molecule has 0 spiro atoms. The summed E-state index contributed by atoms with van der Waals surface area (Å²) in [6.07, 6.45) is -5.24. The first-order chi connectivity index (χ1) is 10.4. The molecule has 0 aliphatic carbocycles. The fourth-order valence-electron chi connectivity index (χ4n) is 1.59. The average Bonchev–Trinajstić information content (AvgIpc) is 2.45. The van der Waals surface area contributed by atoms with Gasteiger partial charge in [-0.15, -0.1) is 0 Å². The zero-order valence-electron chi connectivity index (χ0n) is 12.0. The molecule has 1 aromatic carbocycles. The molecule has 0 saturated heterocycles. The van der Waals surface area contributed by atoms with Crippen LogP contribution in [0.5, 0.6) is 0 Å². The first kappa shape index (κ1) is 17.8. The Morgan fingerprint density at radius 1 is 1.32 bits per heavy atom. The molecule has 0 saturated carbocycles. The Bertz CT molecular complexity index is 561. The number of benzene rings is 1. The van der Waals surface area contributed by atoms with Crippen LogP contribution < -0.4 is 10.6 Å². The topological polar surface area (TPSA) is 60.2 Å². The van der Waals surface area contributed by atoms with E-state index in [2.05, 4.69) is 15.6 Å². The number of aliphatic imine (C=N–C) groups is 1. The van der Waals surface area contributed by atoms with Crippen molar-refractivity contribution in [1.82, 2.24) is 10.6 Å². The summed E-state index contributed by atoms with van der Waals surface area (Å²) >= 11 is 0. The second-order valence-corrected chi connectivity index (χ2v) is 4.41. The van der Waals surface area contributed by atoms with Gasteiger partial charge in [0.2, 0.25) is 0 Å². The number of nitrogens with one attached hydrogen (secondary N) is 2. The minimum absolute atomic E-state index is 0.0807. The maximum Gasteiger partial charge on any atom is 0.390 e. The third kappa shape index (κ3) is 6.43. The third-order valence-corrected chi connectivity index (χ3v) is 2.63. The van der Waals surface area contributed by atoms with Gasteiger partial charge in [0.1, 0.15) is 5.82 Å². The number of halogens is 4. The predicted octanol–water partition coefficient (Wildman–Crippen LogP) is 2.70. The van der Waals surface area contributed by atoms with E-state index in [-0.39, 0.29) is 24.6 Å². The van der Waals surface area contributed by atoms with Crippen LogP contribution in [0.3, 0.4) is 0 Å². The lowest BCUT2D eigenvalue weighted by atomic mass is 10.1. The lowest BCUT2D eigenvalue weighted by molar-refractivity contribution is -0.132. The molecule has 0 amide bonds. The van der Waals surface area contributed by atoms with Gasteiger partial charge in [0.05, 0.1) is 24.6 Å². The summed E-state index contributed by atoms with van der Waals surface area (Å²) in [5.41, 5.74) is 0.494. The zero-order chi connectivity index (χ0) is 16.6. The summed E-state index contributed by atoms with van der Waals surface area (Å²) in [5.74, 6) is -0.359. The van der Waals surface area contributed by atoms with Gasteiger partial charge in [-0.05, 0) is 25.1 Å². The fourth-order valence-corrected chi connectivity index (χ4v) is 1.59. The summed E-state index contributed by atoms with van der Waals surface area (Å²) < 4.78 is 49.9. The highest BCUT2D eigenvalue weighted by Gasteiger charge is 2.26. The smallest absolute Gasteiger partial charge is 0.357 e. The Kier molecular flexibility index (Phi) is 6.63. The number of nitriles is 1. The molecule has 1 rings (SSSR count). The lowest BCUT2D eigenvalue weighted by Crippen LogP contribution is -2.38. The van der Waals surface area contributed by atoms with Gasteiger partial charge in [-0.1, -0.05) is 0 Å². The Morgan fingerprint density at radius 3 is 2.64 bits per heavy atom. The number of nitrogens with zero attached hydrogens (tertiary/aromatic N) is 2. The second-order valence-electron chi connectivity index (χ2n) is 4.41. The molecule has 120 valence electrons. The molecule has 0 radical (unpaired) electrons. The summed E-state index contributed by atoms with van der Waals surface area (Å²) in [5, 5.41) is 14.1. The summed E-state index contributed by atoms with van der Waals surface area (Å²) in [6.45, 7) is 1.81. The van der Waals surface area contributed by atoms with Gasteiger partial charge in [-0.3, -0.25) is 0 Å². The van der Waals surface area contributed by atoms with Crippen molar-refractivity contribution < 1.29 is 17.6 Å². The highest BCUT2D eigenvalue weighted by atomic mass is 19.4. The van der Waals surface area contributed by atoms with Gasteiger partial charge in [0.15, 0.2) is 5.96 Å². The van der Waals surface area contributed by atoms with Crippen LogP contribution in [0, 0.1) is 17.1 Å². The fraction of sp³-hybridized carbons (Fsp3) is 0.429. The van der Waals surface area contributed by atoms with E-state index in [1.54, 1.807) is 6.92 Å². The van der Waals surface area contributed by atoms with Crippen LogP contribution in [0.2, 0.25) is 0 Å². The molecule has 0 aliphatic heterocycles. The first-order valence-corrected chi connectivity index (χ1v) is 6.63. The van der Waals surface area contributed by atoms with Crippen molar-refractivity contribution in [2.45, 2.75) is 26.1 Å². The molecule has 0 aromatic heterocycles. The molecule has 2 N–H and O–H groups in total. The van der Waals surface area contributed by atoms with Gasteiger partial charge in [0, 0.05) is 18.7 Å². The van der Waals surface area contributed by atoms with E-state index < -0.39 is 18.4 Å². The van der Waals surface area contributed by atoms with Crippen LogP contribution in [-0.2, 0) is 6.54 Å². The highest BCUT2D eigenvalue weighted by Crippen LogP contribution is 2.18. The van der Waals surface area contributed by atoms with Crippen LogP contribution in [0.1, 0.15) is 24.5 Å². The predicted molar refractivity (Wildman–Crippen MR) is 74.6 cm³/mol. The summed E-state index contributed by atoms with van der Waals surface area (Å²) in [6, 6.07) is 5.75. The normalized spacial score (nSPS) is 11.9. The summed E-state index contributed by atoms with van der Waals surface area (Å²) in [7, 11) is 0. The number of alkyl halides is 3. The monoisotopic (exact) mass is 316 g/mol. The van der Waals surface area contributed by atoms with Crippen molar-refractivity contribution in [3.63, 3.8) is 0 Å². The molecule has 0 atom stereocenters. The molecule has 8 heteroatoms. The molecular formula is C14H16F4N4. The Labute approximate surface area is 125 Å². The standard InChI is InChI=1S/C14H16F4N4/c1-2-20-13(21-6-5-14(16,17)18)22-9-11-7-10(8-19)3-4-12(11)15/h3-4,7H,2,5-6,9H2,1H3,(H2,20,21,22). The summed E-state index contributed by atoms with van der Waals surface area (Å²) in [4.78, 5) is 4.02. The van der Waals surface area contributed by atoms with Crippen molar-refractivity contribution in [2.24, 2.45) is 4.99 Å². The third-order valence-electron chi connectivity index (χ3n) is 2.63.